The number of hydrogen-bond donors (Lipinski definition) is 2. The lowest BCUT2D eigenvalue weighted by Crippen LogP contribution is -2.04. The van der Waals surface area contributed by atoms with Crippen molar-refractivity contribution in [2.24, 2.45) is 0 Å². The Labute approximate surface area is 99.5 Å². The van der Waals surface area contributed by atoms with E-state index in [0.29, 0.717) is 17.9 Å². The summed E-state index contributed by atoms with van der Waals surface area (Å²) in [4.78, 5) is 4.25. The van der Waals surface area contributed by atoms with Gasteiger partial charge in [0.05, 0.1) is 12.2 Å². The average Bonchev–Trinajstić information content (AvgIpc) is 2.27. The molecule has 0 aliphatic heterocycles. The zero-order valence-corrected chi connectivity index (χ0v) is 9.57. The van der Waals surface area contributed by atoms with E-state index >= 15 is 0 Å². The molecule has 0 spiro atoms. The van der Waals surface area contributed by atoms with Crippen LogP contribution in [0.4, 0.5) is 15.8 Å². The topological polar surface area (TPSA) is 50.9 Å². The van der Waals surface area contributed by atoms with Crippen molar-refractivity contribution >= 4 is 11.4 Å². The van der Waals surface area contributed by atoms with Crippen LogP contribution in [0.2, 0.25) is 0 Å². The minimum atomic E-state index is -0.342. The normalized spacial score (nSPS) is 10.2. The summed E-state index contributed by atoms with van der Waals surface area (Å²) in [5.41, 5.74) is 8.67. The molecule has 2 rings (SSSR count). The van der Waals surface area contributed by atoms with Crippen LogP contribution in [0, 0.1) is 12.7 Å². The van der Waals surface area contributed by atoms with E-state index in [9.17, 15) is 4.39 Å². The molecule has 4 heteroatoms. The molecule has 0 bridgehead atoms. The van der Waals surface area contributed by atoms with Gasteiger partial charge in [-0.1, -0.05) is 6.07 Å². The molecule has 0 aliphatic rings. The van der Waals surface area contributed by atoms with Gasteiger partial charge in [0.15, 0.2) is 0 Å². The Hall–Kier alpha value is -2.10. The number of nitrogen functional groups attached to an aromatic ring is 1. The summed E-state index contributed by atoms with van der Waals surface area (Å²) in [5, 5.41) is 3.10. The summed E-state index contributed by atoms with van der Waals surface area (Å²) in [7, 11) is 0. The Kier molecular flexibility index (Phi) is 3.23. The Bertz CT molecular complexity index is 506. The van der Waals surface area contributed by atoms with Crippen molar-refractivity contribution in [3.63, 3.8) is 0 Å². The first-order chi connectivity index (χ1) is 8.15. The van der Waals surface area contributed by atoms with E-state index in [4.69, 9.17) is 5.73 Å². The summed E-state index contributed by atoms with van der Waals surface area (Å²) >= 11 is 0. The summed E-state index contributed by atoms with van der Waals surface area (Å²) in [5.74, 6) is -0.342. The van der Waals surface area contributed by atoms with Crippen molar-refractivity contribution < 1.29 is 4.39 Å². The molecule has 0 aliphatic carbocycles. The fourth-order valence-corrected chi connectivity index (χ4v) is 1.60. The molecule has 0 radical (unpaired) electrons. The van der Waals surface area contributed by atoms with Crippen LogP contribution in [-0.2, 0) is 6.54 Å². The van der Waals surface area contributed by atoms with Gasteiger partial charge in [-0.05, 0) is 36.8 Å². The first-order valence-corrected chi connectivity index (χ1v) is 5.35. The Morgan fingerprint density at radius 1 is 1.35 bits per heavy atom. The molecular formula is C13H14FN3. The number of nitrogens with two attached hydrogens (primary N) is 1. The molecule has 0 amide bonds. The molecule has 0 atom stereocenters. The number of aromatic nitrogens is 1. The molecule has 1 aromatic carbocycles. The largest absolute Gasteiger partial charge is 0.399 e. The van der Waals surface area contributed by atoms with Crippen LogP contribution in [0.5, 0.6) is 0 Å². The van der Waals surface area contributed by atoms with Gasteiger partial charge < -0.3 is 11.1 Å². The van der Waals surface area contributed by atoms with Gasteiger partial charge in [-0.15, -0.1) is 0 Å². The number of anilines is 2. The molecule has 1 heterocycles. The number of halogens is 1. The van der Waals surface area contributed by atoms with Crippen molar-refractivity contribution in [3.8, 4) is 0 Å². The lowest BCUT2D eigenvalue weighted by Gasteiger charge is -2.08. The maximum Gasteiger partial charge on any atom is 0.127 e. The lowest BCUT2D eigenvalue weighted by molar-refractivity contribution is 0.629. The number of benzene rings is 1. The highest BCUT2D eigenvalue weighted by Gasteiger charge is 2.01. The molecule has 0 saturated heterocycles. The van der Waals surface area contributed by atoms with Gasteiger partial charge in [-0.2, -0.15) is 0 Å². The first-order valence-electron chi connectivity index (χ1n) is 5.35. The number of nitrogens with zero attached hydrogens (tertiary/aromatic N) is 1. The Morgan fingerprint density at radius 3 is 2.88 bits per heavy atom. The second-order valence-corrected chi connectivity index (χ2v) is 3.89. The highest BCUT2D eigenvalue weighted by Crippen LogP contribution is 2.16. The minimum Gasteiger partial charge on any atom is -0.399 e. The molecule has 17 heavy (non-hydrogen) atoms. The minimum absolute atomic E-state index is 0.342. The fourth-order valence-electron chi connectivity index (χ4n) is 1.60. The van der Waals surface area contributed by atoms with Crippen LogP contribution >= 0.6 is 0 Å². The predicted molar refractivity (Wildman–Crippen MR) is 67.1 cm³/mol. The number of aryl methyl sites for hydroxylation is 1. The Morgan fingerprint density at radius 2 is 2.18 bits per heavy atom. The molecule has 0 unspecified atom stereocenters. The van der Waals surface area contributed by atoms with Crippen LogP contribution in [0.3, 0.4) is 0 Å². The lowest BCUT2D eigenvalue weighted by atomic mass is 10.2. The molecule has 88 valence electrons. The van der Waals surface area contributed by atoms with Gasteiger partial charge in [-0.3, -0.25) is 4.98 Å². The third kappa shape index (κ3) is 2.93. The van der Waals surface area contributed by atoms with E-state index in [-0.39, 0.29) is 5.82 Å². The van der Waals surface area contributed by atoms with E-state index in [1.54, 1.807) is 12.3 Å². The standard InChI is InChI=1S/C13H14FN3/c1-9-3-2-4-16-13(9)8-17-12-6-10(14)5-11(15)7-12/h2-7,17H,8,15H2,1H3. The highest BCUT2D eigenvalue weighted by atomic mass is 19.1. The zero-order valence-electron chi connectivity index (χ0n) is 9.57. The number of hydrogen-bond acceptors (Lipinski definition) is 3. The molecule has 1 aromatic heterocycles. The third-order valence-electron chi connectivity index (χ3n) is 2.50. The van der Waals surface area contributed by atoms with Gasteiger partial charge >= 0.3 is 0 Å². The van der Waals surface area contributed by atoms with Gasteiger partial charge in [0.2, 0.25) is 0 Å². The van der Waals surface area contributed by atoms with Crippen LogP contribution in [0.1, 0.15) is 11.3 Å². The summed E-state index contributed by atoms with van der Waals surface area (Å²) < 4.78 is 13.1. The monoisotopic (exact) mass is 231 g/mol. The van der Waals surface area contributed by atoms with Crippen LogP contribution in [0.15, 0.2) is 36.5 Å². The van der Waals surface area contributed by atoms with Crippen LogP contribution in [0.25, 0.3) is 0 Å². The second kappa shape index (κ2) is 4.82. The number of nitrogens with one attached hydrogen (secondary N) is 1. The number of pyridine rings is 1. The van der Waals surface area contributed by atoms with Gasteiger partial charge in [0, 0.05) is 17.6 Å². The van der Waals surface area contributed by atoms with Crippen molar-refractivity contribution in [3.05, 3.63) is 53.6 Å². The van der Waals surface area contributed by atoms with Gasteiger partial charge in [-0.25, -0.2) is 4.39 Å². The van der Waals surface area contributed by atoms with Crippen LogP contribution in [-0.4, -0.2) is 4.98 Å². The van der Waals surface area contributed by atoms with Gasteiger partial charge in [0.1, 0.15) is 5.82 Å². The predicted octanol–water partition coefficient (Wildman–Crippen LogP) is 2.72. The molecule has 2 aromatic rings. The molecular weight excluding hydrogens is 217 g/mol. The van der Waals surface area contributed by atoms with Crippen molar-refractivity contribution in [2.45, 2.75) is 13.5 Å². The van der Waals surface area contributed by atoms with Crippen molar-refractivity contribution in [1.29, 1.82) is 0 Å². The van der Waals surface area contributed by atoms with E-state index in [1.807, 2.05) is 19.1 Å². The maximum absolute atomic E-state index is 13.1. The van der Waals surface area contributed by atoms with E-state index in [2.05, 4.69) is 10.3 Å². The van der Waals surface area contributed by atoms with Crippen molar-refractivity contribution in [1.82, 2.24) is 4.98 Å². The van der Waals surface area contributed by atoms with E-state index in [0.717, 1.165) is 11.3 Å². The fraction of sp³-hybridized carbons (Fsp3) is 0.154. The third-order valence-corrected chi connectivity index (χ3v) is 2.50. The zero-order chi connectivity index (χ0) is 12.3. The van der Waals surface area contributed by atoms with Crippen molar-refractivity contribution in [2.75, 3.05) is 11.1 Å². The van der Waals surface area contributed by atoms with E-state index in [1.165, 1.54) is 12.1 Å². The quantitative estimate of drug-likeness (QED) is 0.798. The SMILES string of the molecule is Cc1cccnc1CNc1cc(N)cc(F)c1. The molecule has 3 N–H and O–H groups in total. The summed E-state index contributed by atoms with van der Waals surface area (Å²) in [6, 6.07) is 8.27. The second-order valence-electron chi connectivity index (χ2n) is 3.89. The highest BCUT2D eigenvalue weighted by molar-refractivity contribution is 5.54. The number of rotatable bonds is 3. The maximum atomic E-state index is 13.1. The molecule has 0 fully saturated rings. The average molecular weight is 231 g/mol. The summed E-state index contributed by atoms with van der Waals surface area (Å²) in [6.07, 6.45) is 1.74. The van der Waals surface area contributed by atoms with E-state index < -0.39 is 0 Å². The summed E-state index contributed by atoms with van der Waals surface area (Å²) in [6.45, 7) is 2.54. The smallest absolute Gasteiger partial charge is 0.127 e. The molecule has 3 nitrogen and oxygen atoms in total. The molecule has 0 saturated carbocycles. The Balaban J connectivity index is 2.10. The first kappa shape index (κ1) is 11.4. The van der Waals surface area contributed by atoms with Crippen LogP contribution < -0.4 is 11.1 Å². The van der Waals surface area contributed by atoms with Gasteiger partial charge in [0.25, 0.3) is 0 Å².